The van der Waals surface area contributed by atoms with E-state index in [0.29, 0.717) is 38.4 Å². The third-order valence-electron chi connectivity index (χ3n) is 18.5. The molecule has 5 heterocycles. The number of Topliss-reactive ketones (excluding diaryl/α,β-unsaturated/α-hetero) is 1. The number of rotatable bonds is 36. The van der Waals surface area contributed by atoms with E-state index in [4.69, 9.17) is 58.4 Å². The van der Waals surface area contributed by atoms with Crippen LogP contribution >= 0.6 is 0 Å². The van der Waals surface area contributed by atoms with Gasteiger partial charge in [-0.15, -0.1) is 0 Å². The van der Waals surface area contributed by atoms with Gasteiger partial charge in [0.2, 0.25) is 52.0 Å². The summed E-state index contributed by atoms with van der Waals surface area (Å²) in [5.74, 6) is -3.04. The van der Waals surface area contributed by atoms with Crippen LogP contribution in [0.4, 0.5) is 0 Å². The number of azide groups is 2. The summed E-state index contributed by atoms with van der Waals surface area (Å²) < 4.78 is 236. The van der Waals surface area contributed by atoms with Crippen molar-refractivity contribution in [2.75, 3.05) is 52.8 Å². The van der Waals surface area contributed by atoms with Crippen LogP contribution < -0.4 is 222 Å². The van der Waals surface area contributed by atoms with Gasteiger partial charge in [-0.3, -0.25) is 25.7 Å². The van der Waals surface area contributed by atoms with Gasteiger partial charge in [0.15, 0.2) is 5.78 Å². The summed E-state index contributed by atoms with van der Waals surface area (Å²) >= 11 is 0. The predicted octanol–water partition coefficient (Wildman–Crippen LogP) is -19.7. The van der Waals surface area contributed by atoms with E-state index in [1.54, 1.807) is 62.4 Å². The zero-order valence-electron chi connectivity index (χ0n) is 74.2. The number of carboxylic acids is 2. The van der Waals surface area contributed by atoms with Gasteiger partial charge in [-0.1, -0.05) is 214 Å². The number of nitrogens with zero attached hydrogens (tertiary/aromatic N) is 6. The minimum Gasteiger partial charge on any atom is -0.726 e. The first-order valence-electron chi connectivity index (χ1n) is 37.2. The second-order valence-electron chi connectivity index (χ2n) is 27.4. The number of ether oxygens (including phenoxy) is 10. The number of hydrogen-bond donors (Lipinski definition) is 1. The molecule has 5 fully saturated rings. The number of carboxylic acid groups (broad SMARTS) is 2. The first-order valence-corrected chi connectivity index (χ1v) is 43.9. The monoisotopic (exact) mass is 2070 g/mol. The molecule has 46 nitrogen and oxygen atoms in total. The summed E-state index contributed by atoms with van der Waals surface area (Å²) in [6.45, 7) is 3.33. The Balaban J connectivity index is -0.000000298. The molecule has 5 saturated heterocycles. The van der Waals surface area contributed by atoms with E-state index in [0.717, 1.165) is 27.8 Å². The van der Waals surface area contributed by atoms with Crippen molar-refractivity contribution < 1.29 is 387 Å². The third kappa shape index (κ3) is 59.5. The molecular formula is C77H104N7Na7O39S5. The van der Waals surface area contributed by atoms with Gasteiger partial charge >= 0.3 is 207 Å². The molecule has 17 atom stereocenters. The number of hydrogen-bond acceptors (Lipinski definition) is 38. The van der Waals surface area contributed by atoms with Crippen LogP contribution in [-0.2, 0) is 163 Å². The van der Waals surface area contributed by atoms with Crippen LogP contribution in [0.25, 0.3) is 20.9 Å². The topological polar surface area (TPSA) is 757 Å². The van der Waals surface area contributed by atoms with Crippen LogP contribution in [0.3, 0.4) is 0 Å². The molecule has 0 bridgehead atoms. The number of carbonyl (C=O) groups excluding carboxylic acids is 3. The molecule has 0 aromatic heterocycles. The first-order chi connectivity index (χ1) is 57.9. The van der Waals surface area contributed by atoms with Gasteiger partial charge < -0.3 is 117 Å². The van der Waals surface area contributed by atoms with Gasteiger partial charge in [0.25, 0.3) is 0 Å². The number of carbonyl (C=O) groups is 3. The fraction of sp³-hybridized carbons (Fsp3) is 0.494. The molecule has 0 saturated carbocycles. The SMILES string of the molecule is C.C.C[C@@H]1C(COS(=O)(=O)[O-])OCC(N=[N+]=[N-])C1OCc1ccccc1.C[C@H]1OC(COS(=O)(=O)[O-])CC(OCc2ccccc2)C1NCC(=O)c1ccccc1.O.O.O.O.O=C([O-])C1CC(OCc2ccccc2)C(OCc2ccccc2)CO1.O=C([O-])C1CC(OCc2ccccc2)C(OS(=O)(=O)[O-])CO1.[N-]=[N+]=NC1COC(COS(=O)(=O)[O-])CC1OS(=O)(=O)[O-].[Na+].[Na+].[Na+].[Na+].[Na+].[Na+].[Na+]. The van der Waals surface area contributed by atoms with E-state index < -0.39 is 150 Å². The Morgan fingerprint density at radius 1 is 0.400 bits per heavy atom. The minimum absolute atomic E-state index is 0. The standard InChI is InChI=1S/C22H27NO7S.C20H22O5.C14H19N3O6S.C13H16O8S.C6H11N3O9S2.2CH4.7Na.4H2O/c1-16-22(23-13-20(24)18-10-6-3-7-11-18)21(28-14-17-8-4-2-5-9-17)12-19(30-16)15-29-31(25,26)27;21-20(22)18-11-17(23-12-15-7-3-1-4-8-15)19(14-25-18)24-13-16-9-5-2-6-10-16;1-10-13(9-23-24(18,19)20)21-8-12(16-17-15)14(10)22-7-11-5-3-2-4-6-11;14-13(15)11-6-10(12(8-20-11)21-22(16,17)18)19-7-9-4-2-1-3-5-9;7-9-8-5-3-16-4(2-17-19(10,11)12)1-6(5)18-20(13,14)15;;;;;;;;;;;;;/h2-11,16,19,21-23H,12-15H2,1H3,(H,25,26,27);1-10,17-19H,11-14H2,(H,21,22);2-6,10,12-14H,7-9H2,1H3,(H,18,19,20);1-5,10-12H,6-8H2,(H,14,15)(H,16,17,18);4-6H,1-3H2,(H,10,11,12)(H,13,14,15);2*1H4;;;;;;;;4*1H2/q;;;;;;;7*+1;;;;/p-7/t16-,19?,21?,22?;;10-,12?,13?,14?;;;;;;;;;;;;;;;/m1.1.............../s1. The molecule has 0 radical (unpaired) electrons. The Bertz CT molecular complexity index is 4930. The van der Waals surface area contributed by atoms with Crippen molar-refractivity contribution in [1.82, 2.24) is 5.32 Å². The van der Waals surface area contributed by atoms with Crippen molar-refractivity contribution in [3.63, 3.8) is 0 Å². The summed E-state index contributed by atoms with van der Waals surface area (Å²) in [5, 5.41) is 32.1. The van der Waals surface area contributed by atoms with Crippen LogP contribution in [0.2, 0.25) is 0 Å². The van der Waals surface area contributed by atoms with Crippen LogP contribution in [0.1, 0.15) is 92.6 Å². The molecule has 135 heavy (non-hydrogen) atoms. The molecule has 6 aromatic carbocycles. The largest absolute Gasteiger partial charge is 1.00 e. The van der Waals surface area contributed by atoms with E-state index in [9.17, 15) is 89.4 Å². The Hall–Kier alpha value is -1.70. The molecule has 0 amide bonds. The summed E-state index contributed by atoms with van der Waals surface area (Å²) in [5.41, 5.74) is 22.4. The molecule has 718 valence electrons. The van der Waals surface area contributed by atoms with Crippen LogP contribution in [0.15, 0.2) is 192 Å². The van der Waals surface area contributed by atoms with E-state index in [-0.39, 0.29) is 345 Å². The fourth-order valence-electron chi connectivity index (χ4n) is 12.6. The van der Waals surface area contributed by atoms with Gasteiger partial charge in [-0.25, -0.2) is 42.1 Å². The van der Waals surface area contributed by atoms with Crippen molar-refractivity contribution in [2.24, 2.45) is 16.1 Å². The zero-order valence-corrected chi connectivity index (χ0v) is 92.3. The molecule has 5 aliphatic rings. The van der Waals surface area contributed by atoms with Crippen molar-refractivity contribution >= 4 is 69.7 Å². The van der Waals surface area contributed by atoms with Gasteiger partial charge in [-0.05, 0) is 45.8 Å². The summed E-state index contributed by atoms with van der Waals surface area (Å²) in [6, 6.07) is 54.6. The smallest absolute Gasteiger partial charge is 0.726 e. The van der Waals surface area contributed by atoms with Crippen molar-refractivity contribution in [1.29, 1.82) is 0 Å². The molecular weight excluding hydrogens is 1970 g/mol. The van der Waals surface area contributed by atoms with E-state index in [1.165, 1.54) is 0 Å². The van der Waals surface area contributed by atoms with E-state index in [2.05, 4.69) is 46.3 Å². The van der Waals surface area contributed by atoms with Crippen molar-refractivity contribution in [3.05, 3.63) is 236 Å². The summed E-state index contributed by atoms with van der Waals surface area (Å²) in [4.78, 5) is 39.7. The maximum Gasteiger partial charge on any atom is 1.00 e. The molecule has 15 unspecified atom stereocenters. The number of ketones is 1. The predicted molar refractivity (Wildman–Crippen MR) is 438 cm³/mol. The van der Waals surface area contributed by atoms with Crippen LogP contribution in [-0.4, -0.2) is 255 Å². The summed E-state index contributed by atoms with van der Waals surface area (Å²) in [7, 11) is -24.5. The van der Waals surface area contributed by atoms with Gasteiger partial charge in [-0.2, -0.15) is 0 Å². The third-order valence-corrected chi connectivity index (χ3v) is 20.8. The van der Waals surface area contributed by atoms with Crippen molar-refractivity contribution in [2.45, 2.75) is 185 Å². The molecule has 6 aromatic rings. The number of nitrogens with one attached hydrogen (secondary N) is 1. The molecule has 58 heteroatoms. The number of benzene rings is 6. The van der Waals surface area contributed by atoms with E-state index in [1.807, 2.05) is 133 Å². The van der Waals surface area contributed by atoms with Crippen LogP contribution in [0.5, 0.6) is 0 Å². The Morgan fingerprint density at radius 3 is 1.11 bits per heavy atom. The quantitative estimate of drug-likeness (QED) is 0.00726. The fourth-order valence-corrected chi connectivity index (χ4v) is 14.5. The van der Waals surface area contributed by atoms with Crippen LogP contribution in [0, 0.1) is 5.92 Å². The normalized spacial score (nSPS) is 23.0. The maximum atomic E-state index is 12.5. The molecule has 9 N–H and O–H groups in total. The van der Waals surface area contributed by atoms with Gasteiger partial charge in [0, 0.05) is 47.0 Å². The van der Waals surface area contributed by atoms with Gasteiger partial charge in [0.1, 0.15) is 12.2 Å². The Kier molecular flexibility index (Phi) is 82.3. The molecule has 0 spiro atoms. The minimum atomic E-state index is -5.05. The maximum absolute atomic E-state index is 12.5. The zero-order chi connectivity index (χ0) is 88.9. The molecule has 0 aliphatic carbocycles. The van der Waals surface area contributed by atoms with Gasteiger partial charge in [0.05, 0.1) is 183 Å². The second-order valence-corrected chi connectivity index (χ2v) is 32.6. The number of aliphatic carboxylic acids is 2. The Morgan fingerprint density at radius 2 is 0.726 bits per heavy atom. The molecule has 11 rings (SSSR count). The van der Waals surface area contributed by atoms with E-state index >= 15 is 0 Å². The van der Waals surface area contributed by atoms with Crippen molar-refractivity contribution in [3.8, 4) is 0 Å². The second kappa shape index (κ2) is 75.9. The Labute approximate surface area is 939 Å². The molecule has 5 aliphatic heterocycles. The summed E-state index contributed by atoms with van der Waals surface area (Å²) in [6.07, 6.45) is -9.82. The average molecular weight is 2070 g/mol. The first kappa shape index (κ1) is 146. The average Bonchev–Trinajstić information content (AvgIpc) is 0.819.